The topological polar surface area (TPSA) is 52.6 Å². The highest BCUT2D eigenvalue weighted by Gasteiger charge is 2.26. The highest BCUT2D eigenvalue weighted by Crippen LogP contribution is 2.31. The van der Waals surface area contributed by atoms with Crippen molar-refractivity contribution in [3.63, 3.8) is 0 Å². The fraction of sp³-hybridized carbons (Fsp3) is 0.750. The molecule has 0 N–H and O–H groups in total. The molecule has 0 saturated heterocycles. The number of ether oxygens (including phenoxy) is 2. The van der Waals surface area contributed by atoms with Crippen LogP contribution < -0.4 is 0 Å². The molecular weight excluding hydrogens is 256 g/mol. The SMILES string of the molecule is C#CCC(CC(=O)OCCOCCC(C)=O)C(C)(C)C. The zero-order valence-corrected chi connectivity index (χ0v) is 13.0. The van der Waals surface area contributed by atoms with Crippen LogP contribution in [-0.4, -0.2) is 31.6 Å². The van der Waals surface area contributed by atoms with Crippen molar-refractivity contribution in [1.29, 1.82) is 0 Å². The van der Waals surface area contributed by atoms with Gasteiger partial charge in [-0.3, -0.25) is 9.59 Å². The van der Waals surface area contributed by atoms with E-state index >= 15 is 0 Å². The maximum absolute atomic E-state index is 11.7. The molecule has 4 nitrogen and oxygen atoms in total. The van der Waals surface area contributed by atoms with Crippen LogP contribution in [0.1, 0.15) is 47.0 Å². The number of rotatable bonds is 9. The first-order valence-corrected chi connectivity index (χ1v) is 6.93. The zero-order valence-electron chi connectivity index (χ0n) is 13.0. The third-order valence-corrected chi connectivity index (χ3v) is 3.09. The fourth-order valence-electron chi connectivity index (χ4n) is 1.62. The van der Waals surface area contributed by atoms with E-state index in [1.54, 1.807) is 0 Å². The lowest BCUT2D eigenvalue weighted by molar-refractivity contribution is -0.147. The predicted molar refractivity (Wildman–Crippen MR) is 78.1 cm³/mol. The van der Waals surface area contributed by atoms with Gasteiger partial charge in [-0.05, 0) is 18.3 Å². The van der Waals surface area contributed by atoms with Gasteiger partial charge >= 0.3 is 5.97 Å². The zero-order chi connectivity index (χ0) is 15.6. The van der Waals surface area contributed by atoms with Gasteiger partial charge in [-0.1, -0.05) is 20.8 Å². The smallest absolute Gasteiger partial charge is 0.306 e. The monoisotopic (exact) mass is 282 g/mol. The average molecular weight is 282 g/mol. The largest absolute Gasteiger partial charge is 0.463 e. The van der Waals surface area contributed by atoms with Crippen LogP contribution in [0.2, 0.25) is 0 Å². The highest BCUT2D eigenvalue weighted by molar-refractivity contribution is 5.75. The molecule has 1 atom stereocenters. The fourth-order valence-corrected chi connectivity index (χ4v) is 1.62. The van der Waals surface area contributed by atoms with E-state index in [4.69, 9.17) is 15.9 Å². The van der Waals surface area contributed by atoms with Gasteiger partial charge in [0, 0.05) is 19.3 Å². The number of Topliss-reactive ketones (excluding diaryl/α,β-unsaturated/α-hetero) is 1. The molecule has 20 heavy (non-hydrogen) atoms. The lowest BCUT2D eigenvalue weighted by Crippen LogP contribution is -2.24. The summed E-state index contributed by atoms with van der Waals surface area (Å²) >= 11 is 0. The molecule has 1 unspecified atom stereocenters. The molecule has 0 aliphatic rings. The summed E-state index contributed by atoms with van der Waals surface area (Å²) in [5.41, 5.74) is -0.0244. The third kappa shape index (κ3) is 9.57. The van der Waals surface area contributed by atoms with E-state index in [0.29, 0.717) is 32.5 Å². The summed E-state index contributed by atoms with van der Waals surface area (Å²) in [5.74, 6) is 2.55. The van der Waals surface area contributed by atoms with Gasteiger partial charge in [-0.2, -0.15) is 0 Å². The number of esters is 1. The molecule has 0 aromatic heterocycles. The summed E-state index contributed by atoms with van der Waals surface area (Å²) in [6.07, 6.45) is 6.61. The summed E-state index contributed by atoms with van der Waals surface area (Å²) in [6, 6.07) is 0. The Labute approximate surface area is 122 Å². The van der Waals surface area contributed by atoms with Crippen LogP contribution in [0.5, 0.6) is 0 Å². The molecule has 0 heterocycles. The minimum atomic E-state index is -0.254. The molecule has 0 saturated carbocycles. The van der Waals surface area contributed by atoms with Gasteiger partial charge in [0.1, 0.15) is 12.4 Å². The van der Waals surface area contributed by atoms with Crippen molar-refractivity contribution in [2.45, 2.75) is 47.0 Å². The van der Waals surface area contributed by atoms with Gasteiger partial charge < -0.3 is 9.47 Å². The first-order chi connectivity index (χ1) is 9.27. The molecule has 0 spiro atoms. The lowest BCUT2D eigenvalue weighted by Gasteiger charge is -2.28. The molecular formula is C16H26O4. The molecule has 0 radical (unpaired) electrons. The molecule has 0 amide bonds. The van der Waals surface area contributed by atoms with E-state index in [1.807, 2.05) is 0 Å². The Morgan fingerprint density at radius 2 is 1.85 bits per heavy atom. The van der Waals surface area contributed by atoms with Crippen LogP contribution in [0.3, 0.4) is 0 Å². The maximum atomic E-state index is 11.7. The molecule has 0 aromatic carbocycles. The number of hydrogen-bond donors (Lipinski definition) is 0. The molecule has 0 rings (SSSR count). The minimum absolute atomic E-state index is 0.0244. The predicted octanol–water partition coefficient (Wildman–Crippen LogP) is 2.60. The van der Waals surface area contributed by atoms with Crippen LogP contribution in [0.15, 0.2) is 0 Å². The van der Waals surface area contributed by atoms with E-state index in [2.05, 4.69) is 26.7 Å². The van der Waals surface area contributed by atoms with Crippen molar-refractivity contribution in [2.75, 3.05) is 19.8 Å². The summed E-state index contributed by atoms with van der Waals surface area (Å²) in [5, 5.41) is 0. The molecule has 0 aromatic rings. The Bertz CT molecular complexity index is 346. The Morgan fingerprint density at radius 3 is 2.35 bits per heavy atom. The Morgan fingerprint density at radius 1 is 1.20 bits per heavy atom. The second-order valence-electron chi connectivity index (χ2n) is 5.96. The molecule has 0 aliphatic carbocycles. The van der Waals surface area contributed by atoms with Crippen LogP contribution in [0, 0.1) is 23.7 Å². The molecule has 114 valence electrons. The Hall–Kier alpha value is -1.34. The summed E-state index contributed by atoms with van der Waals surface area (Å²) in [6.45, 7) is 8.60. The molecule has 0 bridgehead atoms. The lowest BCUT2D eigenvalue weighted by atomic mass is 9.77. The van der Waals surface area contributed by atoms with Gasteiger partial charge in [0.2, 0.25) is 0 Å². The number of ketones is 1. The Kier molecular flexibility index (Phi) is 8.91. The number of carbonyl (C=O) groups is 2. The van der Waals surface area contributed by atoms with E-state index in [9.17, 15) is 9.59 Å². The summed E-state index contributed by atoms with van der Waals surface area (Å²) < 4.78 is 10.3. The van der Waals surface area contributed by atoms with Crippen LogP contribution >= 0.6 is 0 Å². The number of hydrogen-bond acceptors (Lipinski definition) is 4. The van der Waals surface area contributed by atoms with Gasteiger partial charge in [0.15, 0.2) is 0 Å². The highest BCUT2D eigenvalue weighted by atomic mass is 16.6. The van der Waals surface area contributed by atoms with Crippen molar-refractivity contribution >= 4 is 11.8 Å². The van der Waals surface area contributed by atoms with E-state index in [0.717, 1.165) is 0 Å². The average Bonchev–Trinajstić information content (AvgIpc) is 2.31. The molecule has 0 aliphatic heterocycles. The number of carbonyl (C=O) groups excluding carboxylic acids is 2. The van der Waals surface area contributed by atoms with Crippen molar-refractivity contribution in [3.05, 3.63) is 0 Å². The quantitative estimate of drug-likeness (QED) is 0.370. The van der Waals surface area contributed by atoms with Gasteiger partial charge in [-0.25, -0.2) is 0 Å². The second kappa shape index (κ2) is 9.55. The summed E-state index contributed by atoms with van der Waals surface area (Å²) in [4.78, 5) is 22.4. The van der Waals surface area contributed by atoms with Crippen LogP contribution in [-0.2, 0) is 19.1 Å². The first-order valence-electron chi connectivity index (χ1n) is 6.93. The number of terminal acetylenes is 1. The second-order valence-corrected chi connectivity index (χ2v) is 5.96. The Balaban J connectivity index is 3.87. The van der Waals surface area contributed by atoms with Gasteiger partial charge in [0.25, 0.3) is 0 Å². The standard InChI is InChI=1S/C16H26O4/c1-6-7-14(16(3,4)5)12-15(18)20-11-10-19-9-8-13(2)17/h1,14H,7-12H2,2-5H3. The van der Waals surface area contributed by atoms with Crippen molar-refractivity contribution < 1.29 is 19.1 Å². The van der Waals surface area contributed by atoms with Gasteiger partial charge in [-0.15, -0.1) is 12.3 Å². The van der Waals surface area contributed by atoms with Crippen LogP contribution in [0.25, 0.3) is 0 Å². The van der Waals surface area contributed by atoms with E-state index in [-0.39, 0.29) is 29.7 Å². The first kappa shape index (κ1) is 18.7. The maximum Gasteiger partial charge on any atom is 0.306 e. The van der Waals surface area contributed by atoms with Crippen LogP contribution in [0.4, 0.5) is 0 Å². The van der Waals surface area contributed by atoms with E-state index in [1.165, 1.54) is 6.92 Å². The molecule has 4 heteroatoms. The third-order valence-electron chi connectivity index (χ3n) is 3.09. The van der Waals surface area contributed by atoms with Crippen molar-refractivity contribution in [3.8, 4) is 12.3 Å². The summed E-state index contributed by atoms with van der Waals surface area (Å²) in [7, 11) is 0. The van der Waals surface area contributed by atoms with E-state index < -0.39 is 0 Å². The molecule has 0 fully saturated rings. The van der Waals surface area contributed by atoms with Gasteiger partial charge in [0.05, 0.1) is 13.2 Å². The van der Waals surface area contributed by atoms with Crippen molar-refractivity contribution in [2.24, 2.45) is 11.3 Å². The van der Waals surface area contributed by atoms with Crippen molar-refractivity contribution in [1.82, 2.24) is 0 Å². The normalized spacial score (nSPS) is 12.6. The minimum Gasteiger partial charge on any atom is -0.463 e.